The van der Waals surface area contributed by atoms with E-state index in [0.717, 1.165) is 0 Å². The molecule has 0 spiro atoms. The number of hydroxylamine groups is 1. The van der Waals surface area contributed by atoms with Crippen LogP contribution in [-0.2, 0) is 0 Å². The summed E-state index contributed by atoms with van der Waals surface area (Å²) in [4.78, 5) is 21.4. The van der Waals surface area contributed by atoms with Crippen LogP contribution in [0.25, 0.3) is 11.3 Å². The van der Waals surface area contributed by atoms with E-state index in [1.54, 1.807) is 0 Å². The fourth-order valence-corrected chi connectivity index (χ4v) is 1.67. The maximum Gasteiger partial charge on any atom is 0.277 e. The number of halogens is 1. The van der Waals surface area contributed by atoms with Crippen molar-refractivity contribution in [2.45, 2.75) is 0 Å². The summed E-state index contributed by atoms with van der Waals surface area (Å²) >= 11 is 5.69. The number of hydrogen-bond acceptors (Lipinski definition) is 6. The summed E-state index contributed by atoms with van der Waals surface area (Å²) in [5, 5.41) is 26.4. The molecule has 0 atom stereocenters. The van der Waals surface area contributed by atoms with Gasteiger partial charge in [0, 0.05) is 17.7 Å². The average Bonchev–Trinajstić information content (AvgIpc) is 2.47. The van der Waals surface area contributed by atoms with Crippen molar-refractivity contribution >= 4 is 23.2 Å². The molecule has 8 nitrogen and oxygen atoms in total. The van der Waals surface area contributed by atoms with Crippen LogP contribution in [0.2, 0.25) is 5.15 Å². The molecule has 0 unspecified atom stereocenters. The maximum atomic E-state index is 11.4. The van der Waals surface area contributed by atoms with Gasteiger partial charge in [-0.15, -0.1) is 10.2 Å². The summed E-state index contributed by atoms with van der Waals surface area (Å²) in [5.74, 6) is -0.826. The lowest BCUT2D eigenvalue weighted by molar-refractivity contribution is -0.384. The van der Waals surface area contributed by atoms with E-state index >= 15 is 0 Å². The Morgan fingerprint density at radius 1 is 1.30 bits per heavy atom. The standard InChI is InChI=1S/C11H7ClN4O4/c12-10-8(11(17)15-18)5-9(13-14-10)6-1-3-7(4-2-6)16(19)20/h1-5,18H,(H,15,17). The third-order valence-electron chi connectivity index (χ3n) is 2.47. The number of nitro benzene ring substituents is 1. The zero-order valence-electron chi connectivity index (χ0n) is 9.78. The number of amides is 1. The van der Waals surface area contributed by atoms with Gasteiger partial charge < -0.3 is 0 Å². The number of nitro groups is 1. The van der Waals surface area contributed by atoms with Crippen LogP contribution in [0.15, 0.2) is 30.3 Å². The van der Waals surface area contributed by atoms with Gasteiger partial charge in [0.15, 0.2) is 5.15 Å². The topological polar surface area (TPSA) is 118 Å². The number of hydrogen-bond donors (Lipinski definition) is 2. The van der Waals surface area contributed by atoms with Crippen molar-refractivity contribution < 1.29 is 14.9 Å². The van der Waals surface area contributed by atoms with Gasteiger partial charge in [-0.05, 0) is 18.2 Å². The Bertz CT molecular complexity index is 675. The van der Waals surface area contributed by atoms with Crippen LogP contribution >= 0.6 is 11.6 Å². The minimum absolute atomic E-state index is 0.0579. The molecule has 0 bridgehead atoms. The highest BCUT2D eigenvalue weighted by molar-refractivity contribution is 6.32. The Morgan fingerprint density at radius 3 is 2.50 bits per heavy atom. The lowest BCUT2D eigenvalue weighted by Gasteiger charge is -2.04. The molecule has 2 aromatic rings. The molecule has 0 saturated heterocycles. The molecule has 9 heteroatoms. The first kappa shape index (κ1) is 13.8. The monoisotopic (exact) mass is 294 g/mol. The quantitative estimate of drug-likeness (QED) is 0.506. The summed E-state index contributed by atoms with van der Waals surface area (Å²) in [5.41, 5.74) is 2.14. The van der Waals surface area contributed by atoms with Gasteiger partial charge in [0.25, 0.3) is 11.6 Å². The van der Waals surface area contributed by atoms with E-state index in [0.29, 0.717) is 11.3 Å². The lowest BCUT2D eigenvalue weighted by atomic mass is 10.1. The van der Waals surface area contributed by atoms with Gasteiger partial charge in [0.1, 0.15) is 0 Å². The summed E-state index contributed by atoms with van der Waals surface area (Å²) in [6.07, 6.45) is 0. The van der Waals surface area contributed by atoms with Crippen molar-refractivity contribution in [1.29, 1.82) is 0 Å². The summed E-state index contributed by atoms with van der Waals surface area (Å²) in [7, 11) is 0. The van der Waals surface area contributed by atoms with Crippen LogP contribution in [0.5, 0.6) is 0 Å². The van der Waals surface area contributed by atoms with E-state index in [9.17, 15) is 14.9 Å². The highest BCUT2D eigenvalue weighted by Crippen LogP contribution is 2.23. The van der Waals surface area contributed by atoms with E-state index in [-0.39, 0.29) is 16.4 Å². The second-order valence-electron chi connectivity index (χ2n) is 3.68. The van der Waals surface area contributed by atoms with Crippen molar-refractivity contribution in [2.75, 3.05) is 0 Å². The molecule has 20 heavy (non-hydrogen) atoms. The molecule has 1 aromatic heterocycles. The van der Waals surface area contributed by atoms with Crippen LogP contribution < -0.4 is 5.48 Å². The third-order valence-corrected chi connectivity index (χ3v) is 2.75. The van der Waals surface area contributed by atoms with Crippen molar-refractivity contribution in [2.24, 2.45) is 0 Å². The number of nitrogens with zero attached hydrogens (tertiary/aromatic N) is 3. The Hall–Kier alpha value is -2.58. The number of carbonyl (C=O) groups is 1. The lowest BCUT2D eigenvalue weighted by Crippen LogP contribution is -2.19. The number of aromatic nitrogens is 2. The van der Waals surface area contributed by atoms with Crippen LogP contribution in [-0.4, -0.2) is 26.2 Å². The molecule has 2 N–H and O–H groups in total. The molecular formula is C11H7ClN4O4. The molecule has 1 aromatic carbocycles. The summed E-state index contributed by atoms with van der Waals surface area (Å²) in [6.45, 7) is 0. The minimum Gasteiger partial charge on any atom is -0.288 e. The maximum absolute atomic E-state index is 11.4. The highest BCUT2D eigenvalue weighted by atomic mass is 35.5. The van der Waals surface area contributed by atoms with E-state index < -0.39 is 10.8 Å². The van der Waals surface area contributed by atoms with Gasteiger partial charge in [-0.3, -0.25) is 20.1 Å². The Kier molecular flexibility index (Phi) is 3.87. The highest BCUT2D eigenvalue weighted by Gasteiger charge is 2.14. The molecule has 102 valence electrons. The van der Waals surface area contributed by atoms with E-state index in [4.69, 9.17) is 16.8 Å². The van der Waals surface area contributed by atoms with Crippen LogP contribution in [0, 0.1) is 10.1 Å². The van der Waals surface area contributed by atoms with Crippen LogP contribution in [0.4, 0.5) is 5.69 Å². The Balaban J connectivity index is 2.42. The molecule has 0 aliphatic carbocycles. The van der Waals surface area contributed by atoms with Gasteiger partial charge in [-0.2, -0.15) is 0 Å². The fourth-order valence-electron chi connectivity index (χ4n) is 1.49. The predicted octanol–water partition coefficient (Wildman–Crippen LogP) is 1.82. The van der Waals surface area contributed by atoms with E-state index in [1.165, 1.54) is 35.8 Å². The first-order valence-corrected chi connectivity index (χ1v) is 5.63. The Labute approximate surface area is 117 Å². The normalized spacial score (nSPS) is 10.1. The molecule has 1 amide bonds. The SMILES string of the molecule is O=C(NO)c1cc(-c2ccc([N+](=O)[O-])cc2)nnc1Cl. The molecular weight excluding hydrogens is 288 g/mol. The number of non-ortho nitro benzene ring substituents is 1. The molecule has 0 fully saturated rings. The predicted molar refractivity (Wildman–Crippen MR) is 68.4 cm³/mol. The van der Waals surface area contributed by atoms with Gasteiger partial charge in [-0.25, -0.2) is 5.48 Å². The second-order valence-corrected chi connectivity index (χ2v) is 4.04. The summed E-state index contributed by atoms with van der Waals surface area (Å²) < 4.78 is 0. The van der Waals surface area contributed by atoms with Gasteiger partial charge in [0.2, 0.25) is 0 Å². The largest absolute Gasteiger partial charge is 0.288 e. The molecule has 0 saturated carbocycles. The minimum atomic E-state index is -0.826. The van der Waals surface area contributed by atoms with Crippen molar-refractivity contribution in [3.05, 3.63) is 51.2 Å². The first-order chi connectivity index (χ1) is 9.52. The molecule has 0 radical (unpaired) electrons. The second kappa shape index (κ2) is 5.59. The zero-order valence-corrected chi connectivity index (χ0v) is 10.5. The van der Waals surface area contributed by atoms with Crippen molar-refractivity contribution in [3.63, 3.8) is 0 Å². The number of carbonyl (C=O) groups excluding carboxylic acids is 1. The zero-order chi connectivity index (χ0) is 14.7. The third kappa shape index (κ3) is 2.71. The van der Waals surface area contributed by atoms with E-state index in [1.807, 2.05) is 0 Å². The molecule has 0 aliphatic rings. The first-order valence-electron chi connectivity index (χ1n) is 5.25. The Morgan fingerprint density at radius 2 is 1.95 bits per heavy atom. The van der Waals surface area contributed by atoms with Gasteiger partial charge in [-0.1, -0.05) is 11.6 Å². The van der Waals surface area contributed by atoms with E-state index in [2.05, 4.69) is 10.2 Å². The number of benzene rings is 1. The number of nitrogens with one attached hydrogen (secondary N) is 1. The van der Waals surface area contributed by atoms with Crippen molar-refractivity contribution in [3.8, 4) is 11.3 Å². The van der Waals surface area contributed by atoms with Crippen LogP contribution in [0.3, 0.4) is 0 Å². The van der Waals surface area contributed by atoms with Crippen molar-refractivity contribution in [1.82, 2.24) is 15.7 Å². The fraction of sp³-hybridized carbons (Fsp3) is 0. The number of rotatable bonds is 3. The van der Waals surface area contributed by atoms with Gasteiger partial charge >= 0.3 is 0 Å². The average molecular weight is 295 g/mol. The molecule has 1 heterocycles. The molecule has 0 aliphatic heterocycles. The van der Waals surface area contributed by atoms with Crippen LogP contribution in [0.1, 0.15) is 10.4 Å². The smallest absolute Gasteiger partial charge is 0.277 e. The van der Waals surface area contributed by atoms with Gasteiger partial charge in [0.05, 0.1) is 16.2 Å². The molecule has 2 rings (SSSR count). The summed E-state index contributed by atoms with van der Waals surface area (Å²) in [6, 6.07) is 6.87.